The number of nitrogens with zero attached hydrogens (tertiary/aromatic N) is 2. The second-order valence-electron chi connectivity index (χ2n) is 3.92. The van der Waals surface area contributed by atoms with Crippen molar-refractivity contribution < 1.29 is 4.74 Å². The van der Waals surface area contributed by atoms with Crippen LogP contribution in [0.2, 0.25) is 10.0 Å². The summed E-state index contributed by atoms with van der Waals surface area (Å²) in [4.78, 5) is 8.13. The number of fused-ring (bicyclic) bond motifs is 1. The Bertz CT molecular complexity index is 746. The molecule has 0 amide bonds. The summed E-state index contributed by atoms with van der Waals surface area (Å²) in [5, 5.41) is 1.88. The third-order valence-electron chi connectivity index (χ3n) is 2.60. The Morgan fingerprint density at radius 3 is 2.53 bits per heavy atom. The van der Waals surface area contributed by atoms with E-state index in [2.05, 4.69) is 9.97 Å². The monoisotopic (exact) mass is 290 g/mol. The van der Waals surface area contributed by atoms with Crippen molar-refractivity contribution in [2.45, 2.75) is 0 Å². The third-order valence-corrected chi connectivity index (χ3v) is 3.34. The van der Waals surface area contributed by atoms with Crippen LogP contribution in [0, 0.1) is 0 Å². The first-order valence-corrected chi connectivity index (χ1v) is 6.31. The topological polar surface area (TPSA) is 35.0 Å². The zero-order chi connectivity index (χ0) is 13.2. The highest BCUT2D eigenvalue weighted by Gasteiger charge is 2.03. The largest absolute Gasteiger partial charge is 0.457 e. The van der Waals surface area contributed by atoms with Gasteiger partial charge in [-0.3, -0.25) is 0 Å². The van der Waals surface area contributed by atoms with E-state index in [0.29, 0.717) is 21.5 Å². The molecular formula is C14H8Cl2N2O. The molecule has 0 unspecified atom stereocenters. The number of hydrogen-bond donors (Lipinski definition) is 0. The van der Waals surface area contributed by atoms with E-state index in [1.54, 1.807) is 24.4 Å². The van der Waals surface area contributed by atoms with Gasteiger partial charge in [-0.25, -0.2) is 9.97 Å². The fourth-order valence-electron chi connectivity index (χ4n) is 1.70. The van der Waals surface area contributed by atoms with Gasteiger partial charge in [-0.15, -0.1) is 0 Å². The molecule has 2 aromatic carbocycles. The standard InChI is InChI=1S/C14H8Cl2N2O/c15-12-3-1-11(6-13(12)16)19-10-2-4-14-9(5-10)7-17-8-18-14/h1-8H. The van der Waals surface area contributed by atoms with Gasteiger partial charge in [-0.2, -0.15) is 0 Å². The SMILES string of the molecule is Clc1ccc(Oc2ccc3ncncc3c2)cc1Cl. The Balaban J connectivity index is 1.94. The van der Waals surface area contributed by atoms with Crippen molar-refractivity contribution in [2.75, 3.05) is 0 Å². The number of rotatable bonds is 2. The van der Waals surface area contributed by atoms with Crippen molar-refractivity contribution in [3.05, 3.63) is 59.0 Å². The zero-order valence-electron chi connectivity index (χ0n) is 9.68. The highest BCUT2D eigenvalue weighted by Crippen LogP contribution is 2.30. The first-order chi connectivity index (χ1) is 9.22. The lowest BCUT2D eigenvalue weighted by atomic mass is 10.2. The molecule has 94 valence electrons. The molecule has 1 aromatic heterocycles. The van der Waals surface area contributed by atoms with Crippen LogP contribution in [0.15, 0.2) is 48.9 Å². The minimum absolute atomic E-state index is 0.461. The Morgan fingerprint density at radius 1 is 0.895 bits per heavy atom. The third kappa shape index (κ3) is 2.62. The van der Waals surface area contributed by atoms with Crippen LogP contribution in [0.25, 0.3) is 10.9 Å². The summed E-state index contributed by atoms with van der Waals surface area (Å²) >= 11 is 11.8. The molecule has 0 spiro atoms. The first-order valence-electron chi connectivity index (χ1n) is 5.55. The summed E-state index contributed by atoms with van der Waals surface area (Å²) in [5.41, 5.74) is 0.872. The lowest BCUT2D eigenvalue weighted by Gasteiger charge is -2.07. The van der Waals surface area contributed by atoms with E-state index in [-0.39, 0.29) is 0 Å². The fourth-order valence-corrected chi connectivity index (χ4v) is 1.99. The molecule has 3 aromatic rings. The highest BCUT2D eigenvalue weighted by atomic mass is 35.5. The van der Waals surface area contributed by atoms with Gasteiger partial charge in [0, 0.05) is 17.6 Å². The lowest BCUT2D eigenvalue weighted by molar-refractivity contribution is 0.483. The quantitative estimate of drug-likeness (QED) is 0.684. The molecule has 0 radical (unpaired) electrons. The number of hydrogen-bond acceptors (Lipinski definition) is 3. The van der Waals surface area contributed by atoms with Gasteiger partial charge in [0.05, 0.1) is 15.6 Å². The van der Waals surface area contributed by atoms with Crippen LogP contribution in [0.5, 0.6) is 11.5 Å². The van der Waals surface area contributed by atoms with Crippen molar-refractivity contribution in [3.8, 4) is 11.5 Å². The maximum Gasteiger partial charge on any atom is 0.129 e. The van der Waals surface area contributed by atoms with Crippen LogP contribution in [-0.2, 0) is 0 Å². The number of aromatic nitrogens is 2. The molecule has 1 heterocycles. The lowest BCUT2D eigenvalue weighted by Crippen LogP contribution is -1.86. The summed E-state index contributed by atoms with van der Waals surface area (Å²) in [5.74, 6) is 1.33. The predicted molar refractivity (Wildman–Crippen MR) is 76.1 cm³/mol. The number of benzene rings is 2. The van der Waals surface area contributed by atoms with E-state index >= 15 is 0 Å². The molecule has 3 nitrogen and oxygen atoms in total. The van der Waals surface area contributed by atoms with Gasteiger partial charge >= 0.3 is 0 Å². The van der Waals surface area contributed by atoms with Crippen molar-refractivity contribution >= 4 is 34.1 Å². The molecule has 0 N–H and O–H groups in total. The van der Waals surface area contributed by atoms with Gasteiger partial charge < -0.3 is 4.74 Å². The molecule has 0 saturated carbocycles. The van der Waals surface area contributed by atoms with E-state index < -0.39 is 0 Å². The maximum absolute atomic E-state index is 5.94. The summed E-state index contributed by atoms with van der Waals surface area (Å²) in [6.07, 6.45) is 3.26. The number of halogens is 2. The van der Waals surface area contributed by atoms with Crippen LogP contribution in [0.4, 0.5) is 0 Å². The average Bonchev–Trinajstić information content (AvgIpc) is 2.43. The van der Waals surface area contributed by atoms with Gasteiger partial charge in [0.15, 0.2) is 0 Å². The molecule has 5 heteroatoms. The van der Waals surface area contributed by atoms with Crippen LogP contribution in [0.3, 0.4) is 0 Å². The smallest absolute Gasteiger partial charge is 0.129 e. The van der Waals surface area contributed by atoms with E-state index in [0.717, 1.165) is 10.9 Å². The Kier molecular flexibility index (Phi) is 3.23. The van der Waals surface area contributed by atoms with E-state index in [1.807, 2.05) is 18.2 Å². The normalized spacial score (nSPS) is 10.6. The van der Waals surface area contributed by atoms with Gasteiger partial charge in [0.2, 0.25) is 0 Å². The molecule has 0 bridgehead atoms. The molecule has 19 heavy (non-hydrogen) atoms. The summed E-state index contributed by atoms with van der Waals surface area (Å²) in [6.45, 7) is 0. The molecule has 3 rings (SSSR count). The number of ether oxygens (including phenoxy) is 1. The van der Waals surface area contributed by atoms with Crippen LogP contribution < -0.4 is 4.74 Å². The molecule has 0 atom stereocenters. The predicted octanol–water partition coefficient (Wildman–Crippen LogP) is 4.73. The van der Waals surface area contributed by atoms with Crippen molar-refractivity contribution in [1.82, 2.24) is 9.97 Å². The van der Waals surface area contributed by atoms with Crippen LogP contribution >= 0.6 is 23.2 Å². The Hall–Kier alpha value is -1.84. The maximum atomic E-state index is 5.94. The minimum Gasteiger partial charge on any atom is -0.457 e. The van der Waals surface area contributed by atoms with Crippen molar-refractivity contribution in [3.63, 3.8) is 0 Å². The van der Waals surface area contributed by atoms with E-state index in [1.165, 1.54) is 6.33 Å². The minimum atomic E-state index is 0.461. The van der Waals surface area contributed by atoms with Crippen molar-refractivity contribution in [1.29, 1.82) is 0 Å². The summed E-state index contributed by atoms with van der Waals surface area (Å²) in [7, 11) is 0. The highest BCUT2D eigenvalue weighted by molar-refractivity contribution is 6.42. The molecule has 0 aliphatic rings. The van der Waals surface area contributed by atoms with Crippen LogP contribution in [0.1, 0.15) is 0 Å². The van der Waals surface area contributed by atoms with Crippen LogP contribution in [-0.4, -0.2) is 9.97 Å². The Morgan fingerprint density at radius 2 is 1.68 bits per heavy atom. The van der Waals surface area contributed by atoms with Gasteiger partial charge in [-0.05, 0) is 30.3 Å². The van der Waals surface area contributed by atoms with Gasteiger partial charge in [-0.1, -0.05) is 23.2 Å². The average molecular weight is 291 g/mol. The fraction of sp³-hybridized carbons (Fsp3) is 0. The second-order valence-corrected chi connectivity index (χ2v) is 4.74. The second kappa shape index (κ2) is 5.03. The van der Waals surface area contributed by atoms with Gasteiger partial charge in [0.25, 0.3) is 0 Å². The Labute approximate surface area is 119 Å². The molecular weight excluding hydrogens is 283 g/mol. The van der Waals surface area contributed by atoms with E-state index in [4.69, 9.17) is 27.9 Å². The molecule has 0 saturated heterocycles. The van der Waals surface area contributed by atoms with Crippen molar-refractivity contribution in [2.24, 2.45) is 0 Å². The molecule has 0 aliphatic carbocycles. The zero-order valence-corrected chi connectivity index (χ0v) is 11.2. The summed E-state index contributed by atoms with van der Waals surface area (Å²) in [6, 6.07) is 10.7. The summed E-state index contributed by atoms with van der Waals surface area (Å²) < 4.78 is 5.72. The van der Waals surface area contributed by atoms with E-state index in [9.17, 15) is 0 Å². The first kappa shape index (κ1) is 12.2. The molecule has 0 aliphatic heterocycles. The van der Waals surface area contributed by atoms with Gasteiger partial charge in [0.1, 0.15) is 17.8 Å². The molecule has 0 fully saturated rings.